The monoisotopic (exact) mass is 339 g/mol. The Hall–Kier alpha value is -0.160. The van der Waals surface area contributed by atoms with E-state index in [0.717, 1.165) is 6.42 Å². The molecule has 2 atom stereocenters. The number of nitrogens with two attached hydrogens (primary N) is 1. The average Bonchev–Trinajstić information content (AvgIpc) is 2.25. The van der Waals surface area contributed by atoms with Crippen LogP contribution in [0.15, 0.2) is 22.7 Å². The van der Waals surface area contributed by atoms with E-state index in [1.165, 1.54) is 6.07 Å². The molecule has 5 heteroatoms. The molecule has 0 unspecified atom stereocenters. The molecule has 0 aliphatic rings. The molecule has 0 saturated carbocycles. The van der Waals surface area contributed by atoms with Gasteiger partial charge in [-0.3, -0.25) is 0 Å². The van der Waals surface area contributed by atoms with E-state index in [9.17, 15) is 9.50 Å². The van der Waals surface area contributed by atoms with Crippen molar-refractivity contribution in [3.05, 3.63) is 34.1 Å². The maximum atomic E-state index is 13.6. The van der Waals surface area contributed by atoms with Crippen molar-refractivity contribution >= 4 is 28.3 Å². The van der Waals surface area contributed by atoms with Crippen molar-refractivity contribution in [1.29, 1.82) is 0 Å². The van der Waals surface area contributed by atoms with Crippen LogP contribution in [0.25, 0.3) is 0 Å². The number of benzene rings is 1. The second kappa shape index (κ2) is 8.10. The highest BCUT2D eigenvalue weighted by Gasteiger charge is 2.22. The van der Waals surface area contributed by atoms with Gasteiger partial charge in [-0.1, -0.05) is 35.8 Å². The van der Waals surface area contributed by atoms with Gasteiger partial charge in [0.1, 0.15) is 5.82 Å². The van der Waals surface area contributed by atoms with Crippen LogP contribution in [-0.4, -0.2) is 11.2 Å². The number of hydrogen-bond donors (Lipinski definition) is 2. The lowest BCUT2D eigenvalue weighted by Gasteiger charge is -2.21. The predicted octanol–water partition coefficient (Wildman–Crippen LogP) is 3.81. The molecule has 0 spiro atoms. The first-order valence-electron chi connectivity index (χ1n) is 5.81. The van der Waals surface area contributed by atoms with Gasteiger partial charge < -0.3 is 10.8 Å². The smallest absolute Gasteiger partial charge is 0.129 e. The fraction of sp³-hybridized carbons (Fsp3) is 0.538. The zero-order valence-electron chi connectivity index (χ0n) is 10.6. The summed E-state index contributed by atoms with van der Waals surface area (Å²) in [5.41, 5.74) is 6.26. The van der Waals surface area contributed by atoms with Gasteiger partial charge in [-0.05, 0) is 30.9 Å². The van der Waals surface area contributed by atoms with Crippen LogP contribution in [0.1, 0.15) is 38.3 Å². The van der Waals surface area contributed by atoms with Gasteiger partial charge in [0.25, 0.3) is 0 Å². The summed E-state index contributed by atoms with van der Waals surface area (Å²) >= 11 is 3.26. The van der Waals surface area contributed by atoms with E-state index >= 15 is 0 Å². The summed E-state index contributed by atoms with van der Waals surface area (Å²) in [5, 5.41) is 9.96. The highest BCUT2D eigenvalue weighted by atomic mass is 79.9. The minimum absolute atomic E-state index is 0. The van der Waals surface area contributed by atoms with Crippen LogP contribution in [0.3, 0.4) is 0 Å². The number of aliphatic hydroxyl groups is 1. The molecule has 0 aliphatic heterocycles. The summed E-state index contributed by atoms with van der Waals surface area (Å²) in [6.07, 6.45) is 0.742. The molecule has 0 aliphatic carbocycles. The van der Waals surface area contributed by atoms with E-state index in [1.54, 1.807) is 12.1 Å². The van der Waals surface area contributed by atoms with Gasteiger partial charge in [-0.2, -0.15) is 0 Å². The summed E-state index contributed by atoms with van der Waals surface area (Å²) in [6.45, 7) is 4.16. The lowest BCUT2D eigenvalue weighted by molar-refractivity contribution is 0.126. The normalized spacial score (nSPS) is 14.2. The van der Waals surface area contributed by atoms with E-state index < -0.39 is 12.1 Å². The lowest BCUT2D eigenvalue weighted by Crippen LogP contribution is -2.27. The lowest BCUT2D eigenvalue weighted by atomic mass is 9.96. The molecule has 3 N–H and O–H groups in total. The Labute approximate surface area is 122 Å². The minimum Gasteiger partial charge on any atom is -0.391 e. The first-order chi connectivity index (χ1) is 7.93. The largest absolute Gasteiger partial charge is 0.391 e. The second-order valence-corrected chi connectivity index (χ2v) is 5.55. The number of halogens is 3. The summed E-state index contributed by atoms with van der Waals surface area (Å²) in [4.78, 5) is 0. The summed E-state index contributed by atoms with van der Waals surface area (Å²) < 4.78 is 14.2. The van der Waals surface area contributed by atoms with Gasteiger partial charge >= 0.3 is 0 Å². The molecule has 0 fully saturated rings. The highest BCUT2D eigenvalue weighted by molar-refractivity contribution is 9.10. The van der Waals surface area contributed by atoms with Crippen molar-refractivity contribution in [3.63, 3.8) is 0 Å². The Balaban J connectivity index is 0.00000289. The molecule has 0 radical (unpaired) electrons. The van der Waals surface area contributed by atoms with Crippen molar-refractivity contribution in [2.45, 2.75) is 38.8 Å². The van der Waals surface area contributed by atoms with Crippen LogP contribution in [0.2, 0.25) is 0 Å². The summed E-state index contributed by atoms with van der Waals surface area (Å²) in [5.74, 6) is 0.122. The molecule has 0 aromatic heterocycles. The minimum atomic E-state index is -0.717. The zero-order valence-corrected chi connectivity index (χ0v) is 13.0. The van der Waals surface area contributed by atoms with Crippen LogP contribution in [0.4, 0.5) is 4.39 Å². The fourth-order valence-corrected chi connectivity index (χ4v) is 2.31. The zero-order chi connectivity index (χ0) is 13.0. The third kappa shape index (κ3) is 4.84. The predicted molar refractivity (Wildman–Crippen MR) is 78.4 cm³/mol. The number of rotatable bonds is 5. The van der Waals surface area contributed by atoms with Crippen LogP contribution in [-0.2, 0) is 0 Å². The van der Waals surface area contributed by atoms with Crippen molar-refractivity contribution in [3.8, 4) is 0 Å². The average molecular weight is 341 g/mol. The Morgan fingerprint density at radius 1 is 1.33 bits per heavy atom. The SMILES string of the molecule is CC(C)CC[C@H](O)[C@H](N)c1c(F)cccc1Br.Cl. The van der Waals surface area contributed by atoms with E-state index in [1.807, 2.05) is 0 Å². The molecular weight excluding hydrogens is 321 g/mol. The quantitative estimate of drug-likeness (QED) is 0.856. The van der Waals surface area contributed by atoms with Crippen molar-refractivity contribution < 1.29 is 9.50 Å². The Kier molecular flexibility index (Phi) is 8.03. The van der Waals surface area contributed by atoms with E-state index in [4.69, 9.17) is 5.73 Å². The maximum absolute atomic E-state index is 13.6. The van der Waals surface area contributed by atoms with Gasteiger partial charge in [0.05, 0.1) is 12.1 Å². The number of hydrogen-bond acceptors (Lipinski definition) is 2. The highest BCUT2D eigenvalue weighted by Crippen LogP contribution is 2.28. The Morgan fingerprint density at radius 3 is 2.44 bits per heavy atom. The maximum Gasteiger partial charge on any atom is 0.129 e. The van der Waals surface area contributed by atoms with Crippen LogP contribution < -0.4 is 5.73 Å². The van der Waals surface area contributed by atoms with Gasteiger partial charge in [0, 0.05) is 10.0 Å². The van der Waals surface area contributed by atoms with Gasteiger partial charge in [0.15, 0.2) is 0 Å². The molecule has 2 nitrogen and oxygen atoms in total. The number of aliphatic hydroxyl groups excluding tert-OH is 1. The van der Waals surface area contributed by atoms with Crippen LogP contribution in [0.5, 0.6) is 0 Å². The van der Waals surface area contributed by atoms with Crippen molar-refractivity contribution in [2.75, 3.05) is 0 Å². The molecule has 1 rings (SSSR count). The molecule has 0 heterocycles. The van der Waals surface area contributed by atoms with Gasteiger partial charge in [-0.15, -0.1) is 12.4 Å². The summed E-state index contributed by atoms with van der Waals surface area (Å²) in [6, 6.07) is 4.00. The van der Waals surface area contributed by atoms with Crippen molar-refractivity contribution in [2.24, 2.45) is 11.7 Å². The molecule has 1 aromatic carbocycles. The molecule has 0 saturated heterocycles. The Bertz CT molecular complexity index is 356. The molecular formula is C13H20BrClFNO. The first kappa shape index (κ1) is 17.8. The first-order valence-corrected chi connectivity index (χ1v) is 6.60. The van der Waals surface area contributed by atoms with Crippen LogP contribution in [0, 0.1) is 11.7 Å². The molecule has 1 aromatic rings. The van der Waals surface area contributed by atoms with E-state index in [0.29, 0.717) is 22.4 Å². The molecule has 18 heavy (non-hydrogen) atoms. The van der Waals surface area contributed by atoms with Crippen LogP contribution >= 0.6 is 28.3 Å². The van der Waals surface area contributed by atoms with E-state index in [-0.39, 0.29) is 18.2 Å². The standard InChI is InChI=1S/C13H19BrFNO.ClH/c1-8(2)6-7-11(17)13(16)12-9(14)4-3-5-10(12)15;/h3-5,8,11,13,17H,6-7,16H2,1-2H3;1H/t11-,13-;/m0./s1. The van der Waals surface area contributed by atoms with E-state index in [2.05, 4.69) is 29.8 Å². The fourth-order valence-electron chi connectivity index (χ4n) is 1.71. The second-order valence-electron chi connectivity index (χ2n) is 4.70. The molecule has 104 valence electrons. The van der Waals surface area contributed by atoms with Gasteiger partial charge in [-0.25, -0.2) is 4.39 Å². The molecule has 0 bridgehead atoms. The topological polar surface area (TPSA) is 46.2 Å². The summed E-state index contributed by atoms with van der Waals surface area (Å²) in [7, 11) is 0. The molecule has 0 amide bonds. The third-order valence-corrected chi connectivity index (χ3v) is 3.48. The third-order valence-electron chi connectivity index (χ3n) is 2.79. The van der Waals surface area contributed by atoms with Crippen molar-refractivity contribution in [1.82, 2.24) is 0 Å². The van der Waals surface area contributed by atoms with Gasteiger partial charge in [0.2, 0.25) is 0 Å². The Morgan fingerprint density at radius 2 is 1.94 bits per heavy atom.